The van der Waals surface area contributed by atoms with E-state index in [0.717, 1.165) is 8.66 Å². The molecule has 7 heteroatoms. The molecule has 1 aromatic rings. The number of rotatable bonds is 6. The van der Waals surface area contributed by atoms with Crippen molar-refractivity contribution in [1.29, 1.82) is 0 Å². The van der Waals surface area contributed by atoms with Crippen LogP contribution in [0.5, 0.6) is 0 Å². The lowest BCUT2D eigenvalue weighted by atomic mass is 10.2. The summed E-state index contributed by atoms with van der Waals surface area (Å²) in [5.74, 6) is -1.59. The second-order valence-corrected chi connectivity index (χ2v) is 6.32. The number of likely N-dealkylation sites (N-methyl/N-ethyl adjacent to an activating group) is 2. The van der Waals surface area contributed by atoms with Crippen LogP contribution < -0.4 is 5.32 Å². The summed E-state index contributed by atoms with van der Waals surface area (Å²) in [4.78, 5) is 25.2. The van der Waals surface area contributed by atoms with Gasteiger partial charge in [-0.2, -0.15) is 0 Å². The number of carboxylic acids is 1. The smallest absolute Gasteiger partial charge is 0.330 e. The molecule has 0 saturated carbocycles. The van der Waals surface area contributed by atoms with E-state index in [1.54, 1.807) is 18.4 Å². The van der Waals surface area contributed by atoms with Crippen LogP contribution in [0.15, 0.2) is 15.9 Å². The van der Waals surface area contributed by atoms with Gasteiger partial charge in [-0.15, -0.1) is 11.3 Å². The lowest BCUT2D eigenvalue weighted by molar-refractivity contribution is -0.147. The van der Waals surface area contributed by atoms with Crippen LogP contribution in [-0.4, -0.2) is 48.6 Å². The predicted octanol–water partition coefficient (Wildman–Crippen LogP) is 1.18. The molecule has 1 unspecified atom stereocenters. The highest BCUT2D eigenvalue weighted by Crippen LogP contribution is 2.22. The van der Waals surface area contributed by atoms with Gasteiger partial charge in [0.2, 0.25) is 0 Å². The molecule has 1 aromatic heterocycles. The highest BCUT2D eigenvalue weighted by molar-refractivity contribution is 9.11. The van der Waals surface area contributed by atoms with Crippen molar-refractivity contribution in [2.75, 3.05) is 20.6 Å². The number of aliphatic carboxylic acids is 1. The van der Waals surface area contributed by atoms with Gasteiger partial charge in [-0.25, -0.2) is 4.79 Å². The van der Waals surface area contributed by atoms with Gasteiger partial charge < -0.3 is 10.0 Å². The van der Waals surface area contributed by atoms with Gasteiger partial charge in [0, 0.05) is 18.5 Å². The highest BCUT2D eigenvalue weighted by Gasteiger charge is 2.26. The molecular formula is C11H15BrN2O3S. The standard InChI is InChI=1S/C11H15BrN2O3S/c1-13-9(11(16)17)10(15)14(2)6-5-7-3-4-8(12)18-7/h3-4,9,13H,5-6H2,1-2H3,(H,16,17). The molecule has 1 atom stereocenters. The Morgan fingerprint density at radius 3 is 2.67 bits per heavy atom. The van der Waals surface area contributed by atoms with Gasteiger partial charge in [0.1, 0.15) is 0 Å². The van der Waals surface area contributed by atoms with Crippen molar-refractivity contribution in [3.63, 3.8) is 0 Å². The Morgan fingerprint density at radius 2 is 2.22 bits per heavy atom. The van der Waals surface area contributed by atoms with E-state index in [1.165, 1.54) is 11.9 Å². The molecule has 0 aliphatic carbocycles. The van der Waals surface area contributed by atoms with Gasteiger partial charge in [0.05, 0.1) is 3.79 Å². The summed E-state index contributed by atoms with van der Waals surface area (Å²) in [6.07, 6.45) is 0.717. The molecule has 0 fully saturated rings. The van der Waals surface area contributed by atoms with Crippen molar-refractivity contribution in [2.45, 2.75) is 12.5 Å². The molecule has 0 bridgehead atoms. The molecule has 1 amide bonds. The molecule has 2 N–H and O–H groups in total. The Morgan fingerprint density at radius 1 is 1.56 bits per heavy atom. The van der Waals surface area contributed by atoms with E-state index < -0.39 is 17.9 Å². The van der Waals surface area contributed by atoms with Crippen LogP contribution in [-0.2, 0) is 16.0 Å². The van der Waals surface area contributed by atoms with Crippen molar-refractivity contribution < 1.29 is 14.7 Å². The molecule has 1 rings (SSSR count). The third-order valence-corrected chi connectivity index (χ3v) is 4.16. The van der Waals surface area contributed by atoms with Gasteiger partial charge in [0.25, 0.3) is 5.91 Å². The van der Waals surface area contributed by atoms with Crippen LogP contribution in [0.25, 0.3) is 0 Å². The van der Waals surface area contributed by atoms with Gasteiger partial charge >= 0.3 is 5.97 Å². The fraction of sp³-hybridized carbons (Fsp3) is 0.455. The topological polar surface area (TPSA) is 69.6 Å². The first-order valence-electron chi connectivity index (χ1n) is 5.35. The quantitative estimate of drug-likeness (QED) is 0.766. The van der Waals surface area contributed by atoms with E-state index >= 15 is 0 Å². The van der Waals surface area contributed by atoms with Crippen LogP contribution in [0.1, 0.15) is 4.88 Å². The molecule has 18 heavy (non-hydrogen) atoms. The molecule has 5 nitrogen and oxygen atoms in total. The van der Waals surface area contributed by atoms with Crippen molar-refractivity contribution in [1.82, 2.24) is 10.2 Å². The summed E-state index contributed by atoms with van der Waals surface area (Å²) in [5.41, 5.74) is 0. The Balaban J connectivity index is 2.52. The maximum absolute atomic E-state index is 11.8. The van der Waals surface area contributed by atoms with Crippen molar-refractivity contribution in [2.24, 2.45) is 0 Å². The predicted molar refractivity (Wildman–Crippen MR) is 73.8 cm³/mol. The zero-order valence-corrected chi connectivity index (χ0v) is 12.5. The number of halogens is 1. The van der Waals surface area contributed by atoms with Gasteiger partial charge in [-0.05, 0) is 41.5 Å². The number of carboxylic acid groups (broad SMARTS) is 1. The third-order valence-electron chi connectivity index (χ3n) is 2.48. The first-order chi connectivity index (χ1) is 8.45. The minimum atomic E-state index is -1.18. The fourth-order valence-electron chi connectivity index (χ4n) is 1.45. The Kier molecular flexibility index (Phi) is 5.77. The van der Waals surface area contributed by atoms with E-state index in [-0.39, 0.29) is 0 Å². The summed E-state index contributed by atoms with van der Waals surface area (Å²) in [5, 5.41) is 11.4. The summed E-state index contributed by atoms with van der Waals surface area (Å²) < 4.78 is 1.05. The van der Waals surface area contributed by atoms with Crippen LogP contribution in [0.4, 0.5) is 0 Å². The summed E-state index contributed by atoms with van der Waals surface area (Å²) in [6.45, 7) is 0.497. The largest absolute Gasteiger partial charge is 0.480 e. The molecule has 0 saturated heterocycles. The van der Waals surface area contributed by atoms with Gasteiger partial charge in [-0.3, -0.25) is 10.1 Å². The summed E-state index contributed by atoms with van der Waals surface area (Å²) in [7, 11) is 3.07. The molecule has 0 aliphatic rings. The lowest BCUT2D eigenvalue weighted by Crippen LogP contribution is -2.48. The molecule has 0 aliphatic heterocycles. The van der Waals surface area contributed by atoms with Gasteiger partial charge in [0.15, 0.2) is 6.04 Å². The average Bonchev–Trinajstić information content (AvgIpc) is 2.72. The van der Waals surface area contributed by atoms with Crippen molar-refractivity contribution >= 4 is 39.1 Å². The maximum Gasteiger partial charge on any atom is 0.330 e. The van der Waals surface area contributed by atoms with E-state index in [1.807, 2.05) is 12.1 Å². The molecule has 0 spiro atoms. The number of amides is 1. The van der Waals surface area contributed by atoms with E-state index in [0.29, 0.717) is 13.0 Å². The second-order valence-electron chi connectivity index (χ2n) is 3.78. The summed E-state index contributed by atoms with van der Waals surface area (Å²) >= 11 is 4.98. The van der Waals surface area contributed by atoms with Gasteiger partial charge in [-0.1, -0.05) is 0 Å². The number of hydrogen-bond donors (Lipinski definition) is 2. The van der Waals surface area contributed by atoms with E-state index in [9.17, 15) is 9.59 Å². The first kappa shape index (κ1) is 15.1. The molecule has 0 radical (unpaired) electrons. The number of nitrogens with zero attached hydrogens (tertiary/aromatic N) is 1. The maximum atomic E-state index is 11.8. The molecule has 1 heterocycles. The third kappa shape index (κ3) is 4.08. The van der Waals surface area contributed by atoms with Crippen molar-refractivity contribution in [3.8, 4) is 0 Å². The van der Waals surface area contributed by atoms with Crippen LogP contribution in [0.2, 0.25) is 0 Å². The molecule has 0 aromatic carbocycles. The molecular weight excluding hydrogens is 320 g/mol. The van der Waals surface area contributed by atoms with Crippen LogP contribution in [0, 0.1) is 0 Å². The SMILES string of the molecule is CNC(C(=O)O)C(=O)N(C)CCc1ccc(Br)s1. The summed E-state index contributed by atoms with van der Waals surface area (Å²) in [6, 6.07) is 2.76. The van der Waals surface area contributed by atoms with E-state index in [2.05, 4.69) is 21.2 Å². The fourth-order valence-corrected chi connectivity index (χ4v) is 2.92. The molecule has 100 valence electrons. The van der Waals surface area contributed by atoms with E-state index in [4.69, 9.17) is 5.11 Å². The minimum Gasteiger partial charge on any atom is -0.480 e. The monoisotopic (exact) mass is 334 g/mol. The Hall–Kier alpha value is -0.920. The first-order valence-corrected chi connectivity index (χ1v) is 6.96. The minimum absolute atomic E-state index is 0.430. The normalized spacial score (nSPS) is 12.2. The number of carbonyl (C=O) groups is 2. The zero-order chi connectivity index (χ0) is 13.7. The van der Waals surface area contributed by atoms with Crippen LogP contribution in [0.3, 0.4) is 0 Å². The number of nitrogens with one attached hydrogen (secondary N) is 1. The second kappa shape index (κ2) is 6.86. The Bertz CT molecular complexity index is 436. The number of thiophene rings is 1. The van der Waals surface area contributed by atoms with Crippen molar-refractivity contribution in [3.05, 3.63) is 20.8 Å². The number of hydrogen-bond acceptors (Lipinski definition) is 4. The highest BCUT2D eigenvalue weighted by atomic mass is 79.9. The van der Waals surface area contributed by atoms with Crippen LogP contribution >= 0.6 is 27.3 Å². The number of carbonyl (C=O) groups excluding carboxylic acids is 1. The average molecular weight is 335 g/mol. The zero-order valence-electron chi connectivity index (χ0n) is 10.1. The lowest BCUT2D eigenvalue weighted by Gasteiger charge is -2.20. The Labute approximate surface area is 118 Å².